The van der Waals surface area contributed by atoms with Crippen molar-refractivity contribution >= 4 is 11.6 Å². The SMILES string of the molecule is Cc1cc(C)n(-c2ccc(N3CCN(c4ncccc4F)CC3)nn2)n1. The van der Waals surface area contributed by atoms with E-state index in [0.717, 1.165) is 30.3 Å². The smallest absolute Gasteiger partial charge is 0.176 e. The lowest BCUT2D eigenvalue weighted by Crippen LogP contribution is -2.47. The number of halogens is 1. The van der Waals surface area contributed by atoms with Crippen LogP contribution in [0.15, 0.2) is 36.5 Å². The quantitative estimate of drug-likeness (QED) is 0.719. The van der Waals surface area contributed by atoms with E-state index in [9.17, 15) is 4.39 Å². The topological polar surface area (TPSA) is 63.0 Å². The van der Waals surface area contributed by atoms with Gasteiger partial charge in [0.05, 0.1) is 5.69 Å². The monoisotopic (exact) mass is 353 g/mol. The Hall–Kier alpha value is -3.03. The van der Waals surface area contributed by atoms with Gasteiger partial charge < -0.3 is 9.80 Å². The van der Waals surface area contributed by atoms with Gasteiger partial charge in [0, 0.05) is 38.1 Å². The summed E-state index contributed by atoms with van der Waals surface area (Å²) in [6.07, 6.45) is 1.62. The second-order valence-corrected chi connectivity index (χ2v) is 6.37. The molecule has 4 heterocycles. The van der Waals surface area contributed by atoms with Crippen LogP contribution in [-0.4, -0.2) is 51.1 Å². The first-order valence-electron chi connectivity index (χ1n) is 8.59. The van der Waals surface area contributed by atoms with Crippen molar-refractivity contribution in [3.05, 3.63) is 53.7 Å². The predicted molar refractivity (Wildman–Crippen MR) is 97.2 cm³/mol. The molecule has 3 aromatic heterocycles. The van der Waals surface area contributed by atoms with Gasteiger partial charge in [-0.05, 0) is 44.2 Å². The molecule has 26 heavy (non-hydrogen) atoms. The molecule has 0 bridgehead atoms. The summed E-state index contributed by atoms with van der Waals surface area (Å²) in [4.78, 5) is 8.26. The second-order valence-electron chi connectivity index (χ2n) is 6.37. The van der Waals surface area contributed by atoms with E-state index in [1.54, 1.807) is 16.9 Å². The Bertz CT molecular complexity index is 898. The van der Waals surface area contributed by atoms with Crippen molar-refractivity contribution in [1.29, 1.82) is 0 Å². The van der Waals surface area contributed by atoms with E-state index < -0.39 is 0 Å². The number of rotatable bonds is 3. The minimum absolute atomic E-state index is 0.282. The van der Waals surface area contributed by atoms with Crippen LogP contribution in [0.5, 0.6) is 0 Å². The van der Waals surface area contributed by atoms with Crippen LogP contribution in [0.1, 0.15) is 11.4 Å². The minimum Gasteiger partial charge on any atom is -0.352 e. The van der Waals surface area contributed by atoms with Gasteiger partial charge in [-0.25, -0.2) is 14.1 Å². The Balaban J connectivity index is 1.45. The lowest BCUT2D eigenvalue weighted by atomic mass is 10.3. The summed E-state index contributed by atoms with van der Waals surface area (Å²) in [5, 5.41) is 13.1. The van der Waals surface area contributed by atoms with E-state index in [1.807, 2.05) is 36.9 Å². The van der Waals surface area contributed by atoms with Crippen molar-refractivity contribution in [3.8, 4) is 5.82 Å². The number of hydrogen-bond acceptors (Lipinski definition) is 6. The molecule has 1 saturated heterocycles. The maximum absolute atomic E-state index is 13.9. The number of nitrogens with zero attached hydrogens (tertiary/aromatic N) is 7. The minimum atomic E-state index is -0.282. The first-order valence-corrected chi connectivity index (χ1v) is 8.59. The van der Waals surface area contributed by atoms with Crippen molar-refractivity contribution in [2.45, 2.75) is 13.8 Å². The zero-order valence-electron chi connectivity index (χ0n) is 14.8. The highest BCUT2D eigenvalue weighted by Gasteiger charge is 2.21. The number of anilines is 2. The van der Waals surface area contributed by atoms with Crippen LogP contribution in [0.2, 0.25) is 0 Å². The third-order valence-corrected chi connectivity index (χ3v) is 4.51. The van der Waals surface area contributed by atoms with Crippen molar-refractivity contribution in [2.75, 3.05) is 36.0 Å². The molecule has 0 aliphatic carbocycles. The summed E-state index contributed by atoms with van der Waals surface area (Å²) in [6.45, 7) is 6.80. The van der Waals surface area contributed by atoms with Crippen LogP contribution < -0.4 is 9.80 Å². The molecular formula is C18H20FN7. The highest BCUT2D eigenvalue weighted by Crippen LogP contribution is 2.20. The summed E-state index contributed by atoms with van der Waals surface area (Å²) in [5.41, 5.74) is 1.97. The molecule has 0 saturated carbocycles. The molecule has 0 N–H and O–H groups in total. The predicted octanol–water partition coefficient (Wildman–Crippen LogP) is 2.14. The van der Waals surface area contributed by atoms with Gasteiger partial charge in [-0.3, -0.25) is 0 Å². The molecule has 7 nitrogen and oxygen atoms in total. The van der Waals surface area contributed by atoms with Crippen molar-refractivity contribution < 1.29 is 4.39 Å². The molecule has 3 aromatic rings. The molecule has 4 rings (SSSR count). The average Bonchev–Trinajstić information content (AvgIpc) is 3.01. The Kier molecular flexibility index (Phi) is 4.24. The van der Waals surface area contributed by atoms with Gasteiger partial charge in [-0.15, -0.1) is 10.2 Å². The first kappa shape index (κ1) is 16.4. The van der Waals surface area contributed by atoms with Gasteiger partial charge in [0.25, 0.3) is 0 Å². The van der Waals surface area contributed by atoms with Crippen LogP contribution >= 0.6 is 0 Å². The van der Waals surface area contributed by atoms with Gasteiger partial charge in [0.15, 0.2) is 23.3 Å². The third kappa shape index (κ3) is 3.10. The van der Waals surface area contributed by atoms with Crippen LogP contribution in [0.25, 0.3) is 5.82 Å². The lowest BCUT2D eigenvalue weighted by molar-refractivity contribution is 0.586. The molecule has 8 heteroatoms. The average molecular weight is 353 g/mol. The molecular weight excluding hydrogens is 333 g/mol. The summed E-state index contributed by atoms with van der Waals surface area (Å²) in [6, 6.07) is 8.93. The number of hydrogen-bond donors (Lipinski definition) is 0. The van der Waals surface area contributed by atoms with Gasteiger partial charge in [-0.2, -0.15) is 5.10 Å². The Morgan fingerprint density at radius 2 is 1.62 bits per heavy atom. The largest absolute Gasteiger partial charge is 0.352 e. The lowest BCUT2D eigenvalue weighted by Gasteiger charge is -2.35. The molecule has 0 atom stereocenters. The van der Waals surface area contributed by atoms with E-state index in [1.165, 1.54) is 6.07 Å². The second kappa shape index (κ2) is 6.70. The van der Waals surface area contributed by atoms with E-state index in [0.29, 0.717) is 24.7 Å². The fraction of sp³-hybridized carbons (Fsp3) is 0.333. The molecule has 0 aromatic carbocycles. The van der Waals surface area contributed by atoms with Gasteiger partial charge in [0.1, 0.15) is 0 Å². The van der Waals surface area contributed by atoms with E-state index in [-0.39, 0.29) is 5.82 Å². The number of aryl methyl sites for hydroxylation is 2. The van der Waals surface area contributed by atoms with Gasteiger partial charge >= 0.3 is 0 Å². The van der Waals surface area contributed by atoms with Crippen LogP contribution in [0.3, 0.4) is 0 Å². The van der Waals surface area contributed by atoms with E-state index >= 15 is 0 Å². The fourth-order valence-corrected chi connectivity index (χ4v) is 3.22. The molecule has 0 spiro atoms. The maximum atomic E-state index is 13.9. The van der Waals surface area contributed by atoms with E-state index in [2.05, 4.69) is 25.2 Å². The summed E-state index contributed by atoms with van der Waals surface area (Å²) < 4.78 is 15.7. The highest BCUT2D eigenvalue weighted by molar-refractivity contribution is 5.45. The van der Waals surface area contributed by atoms with Gasteiger partial charge in [0.2, 0.25) is 0 Å². The standard InChI is InChI=1S/C18H20FN7/c1-13-12-14(2)26(23-13)17-6-5-16(21-22-17)24-8-10-25(11-9-24)18-15(19)4-3-7-20-18/h3-7,12H,8-11H2,1-2H3. The maximum Gasteiger partial charge on any atom is 0.176 e. The zero-order valence-corrected chi connectivity index (χ0v) is 14.8. The highest BCUT2D eigenvalue weighted by atomic mass is 19.1. The van der Waals surface area contributed by atoms with Crippen molar-refractivity contribution in [2.24, 2.45) is 0 Å². The zero-order chi connectivity index (χ0) is 18.1. The molecule has 0 radical (unpaired) electrons. The molecule has 0 amide bonds. The molecule has 134 valence electrons. The van der Waals surface area contributed by atoms with Crippen molar-refractivity contribution in [1.82, 2.24) is 25.0 Å². The Morgan fingerprint density at radius 3 is 2.23 bits per heavy atom. The molecule has 1 aliphatic rings. The van der Waals surface area contributed by atoms with Crippen LogP contribution in [0.4, 0.5) is 16.0 Å². The number of piperazine rings is 1. The summed E-state index contributed by atoms with van der Waals surface area (Å²) >= 11 is 0. The summed E-state index contributed by atoms with van der Waals surface area (Å²) in [5.74, 6) is 1.65. The molecule has 1 fully saturated rings. The summed E-state index contributed by atoms with van der Waals surface area (Å²) in [7, 11) is 0. The van der Waals surface area contributed by atoms with Crippen molar-refractivity contribution in [3.63, 3.8) is 0 Å². The normalized spacial score (nSPS) is 14.7. The first-order chi connectivity index (χ1) is 12.6. The van der Waals surface area contributed by atoms with E-state index in [4.69, 9.17) is 0 Å². The Morgan fingerprint density at radius 1 is 0.923 bits per heavy atom. The fourth-order valence-electron chi connectivity index (χ4n) is 3.22. The van der Waals surface area contributed by atoms with Crippen LogP contribution in [-0.2, 0) is 0 Å². The number of aromatic nitrogens is 5. The van der Waals surface area contributed by atoms with Crippen LogP contribution in [0, 0.1) is 19.7 Å². The number of pyridine rings is 1. The third-order valence-electron chi connectivity index (χ3n) is 4.51. The molecule has 1 aliphatic heterocycles. The van der Waals surface area contributed by atoms with Gasteiger partial charge in [-0.1, -0.05) is 0 Å². The Labute approximate surface area is 151 Å². The molecule has 0 unspecified atom stereocenters.